The molecule has 2 heterocycles. The Kier molecular flexibility index (Phi) is 3.98. The highest BCUT2D eigenvalue weighted by molar-refractivity contribution is 6.31. The average Bonchev–Trinajstić information content (AvgIpc) is 3.06. The van der Waals surface area contributed by atoms with Gasteiger partial charge in [-0.25, -0.2) is 0 Å². The van der Waals surface area contributed by atoms with Gasteiger partial charge in [0.15, 0.2) is 0 Å². The van der Waals surface area contributed by atoms with Crippen molar-refractivity contribution in [3.63, 3.8) is 0 Å². The fraction of sp³-hybridized carbons (Fsp3) is 0.150. The molecule has 0 aliphatic carbocycles. The first-order valence-electron chi connectivity index (χ1n) is 8.29. The summed E-state index contributed by atoms with van der Waals surface area (Å²) < 4.78 is 0. The van der Waals surface area contributed by atoms with Crippen LogP contribution in [0.3, 0.4) is 0 Å². The van der Waals surface area contributed by atoms with Gasteiger partial charge in [-0.2, -0.15) is 0 Å². The second-order valence-electron chi connectivity index (χ2n) is 6.14. The maximum atomic E-state index is 12.3. The van der Waals surface area contributed by atoms with Crippen molar-refractivity contribution in [3.8, 4) is 0 Å². The smallest absolute Gasteiger partial charge is 0.253 e. The predicted octanol–water partition coefficient (Wildman–Crippen LogP) is 4.84. The number of hydrogen-bond donors (Lipinski definition) is 3. The molecule has 0 saturated carbocycles. The number of pyridine rings is 1. The molecule has 0 aliphatic heterocycles. The molecular weight excluding hydrogens is 334 g/mol. The molecule has 0 saturated heterocycles. The first kappa shape index (κ1) is 15.8. The van der Waals surface area contributed by atoms with Gasteiger partial charge in [0, 0.05) is 45.4 Å². The molecule has 0 unspecified atom stereocenters. The summed E-state index contributed by atoms with van der Waals surface area (Å²) in [5.74, 6) is 0. The highest BCUT2D eigenvalue weighted by Crippen LogP contribution is 2.24. The van der Waals surface area contributed by atoms with E-state index in [-0.39, 0.29) is 5.56 Å². The van der Waals surface area contributed by atoms with Gasteiger partial charge in [-0.15, -0.1) is 0 Å². The number of hydrogen-bond acceptors (Lipinski definition) is 2. The summed E-state index contributed by atoms with van der Waals surface area (Å²) in [5.41, 5.74) is 4.75. The van der Waals surface area contributed by atoms with Crippen LogP contribution in [0.5, 0.6) is 0 Å². The number of aryl methyl sites for hydroxylation is 1. The minimum absolute atomic E-state index is 0.0821. The highest BCUT2D eigenvalue weighted by Gasteiger charge is 2.07. The van der Waals surface area contributed by atoms with E-state index < -0.39 is 0 Å². The van der Waals surface area contributed by atoms with Gasteiger partial charge in [0.05, 0.1) is 0 Å². The van der Waals surface area contributed by atoms with Crippen molar-refractivity contribution >= 4 is 39.1 Å². The van der Waals surface area contributed by atoms with E-state index in [0.717, 1.165) is 28.5 Å². The van der Waals surface area contributed by atoms with Crippen molar-refractivity contribution in [1.29, 1.82) is 0 Å². The average molecular weight is 352 g/mol. The summed E-state index contributed by atoms with van der Waals surface area (Å²) in [5, 5.41) is 6.19. The molecule has 126 valence electrons. The molecule has 0 aliphatic rings. The van der Waals surface area contributed by atoms with Crippen molar-refractivity contribution in [2.24, 2.45) is 0 Å². The van der Waals surface area contributed by atoms with Gasteiger partial charge < -0.3 is 15.3 Å². The van der Waals surface area contributed by atoms with Crippen LogP contribution < -0.4 is 10.9 Å². The number of benzene rings is 2. The zero-order valence-electron chi connectivity index (χ0n) is 13.8. The van der Waals surface area contributed by atoms with Gasteiger partial charge in [0.2, 0.25) is 0 Å². The molecule has 2 aromatic carbocycles. The van der Waals surface area contributed by atoms with E-state index >= 15 is 0 Å². The van der Waals surface area contributed by atoms with Crippen LogP contribution in [0.2, 0.25) is 5.02 Å². The number of H-pyrrole nitrogens is 2. The summed E-state index contributed by atoms with van der Waals surface area (Å²) in [6.45, 7) is 2.58. The molecule has 0 spiro atoms. The number of aromatic nitrogens is 2. The third-order valence-electron chi connectivity index (χ3n) is 4.51. The van der Waals surface area contributed by atoms with E-state index in [1.807, 2.05) is 24.4 Å². The van der Waals surface area contributed by atoms with Gasteiger partial charge in [-0.1, -0.05) is 18.5 Å². The number of aromatic amines is 2. The Morgan fingerprint density at radius 2 is 1.84 bits per heavy atom. The molecule has 4 nitrogen and oxygen atoms in total. The molecule has 3 N–H and O–H groups in total. The third kappa shape index (κ3) is 3.01. The number of fused-ring (bicyclic) bond motifs is 2. The molecule has 0 amide bonds. The summed E-state index contributed by atoms with van der Waals surface area (Å²) >= 11 is 6.06. The zero-order valence-corrected chi connectivity index (χ0v) is 14.6. The summed E-state index contributed by atoms with van der Waals surface area (Å²) in [7, 11) is 0. The van der Waals surface area contributed by atoms with E-state index in [2.05, 4.69) is 40.4 Å². The Bertz CT molecular complexity index is 1130. The van der Waals surface area contributed by atoms with Crippen LogP contribution in [-0.4, -0.2) is 9.97 Å². The quantitative estimate of drug-likeness (QED) is 0.493. The van der Waals surface area contributed by atoms with Gasteiger partial charge in [-0.05, 0) is 59.8 Å². The maximum Gasteiger partial charge on any atom is 0.253 e. The molecule has 0 bridgehead atoms. The lowest BCUT2D eigenvalue weighted by atomic mass is 10.1. The fourth-order valence-corrected chi connectivity index (χ4v) is 3.33. The van der Waals surface area contributed by atoms with Crippen molar-refractivity contribution < 1.29 is 0 Å². The Morgan fingerprint density at radius 1 is 1.00 bits per heavy atom. The van der Waals surface area contributed by atoms with Crippen LogP contribution >= 0.6 is 11.6 Å². The molecule has 0 atom stereocenters. The van der Waals surface area contributed by atoms with E-state index in [9.17, 15) is 4.79 Å². The standard InChI is InChI=1S/C20H18ClN3O/c1-2-12-7-13-5-6-22-19(13)10-18(12)23-11-15-8-14-9-16(21)3-4-17(14)24-20(15)25/h3-10,22-23H,2,11H2,1H3,(H,24,25). The minimum atomic E-state index is -0.0821. The van der Waals surface area contributed by atoms with E-state index in [0.29, 0.717) is 17.1 Å². The largest absolute Gasteiger partial charge is 0.380 e. The lowest BCUT2D eigenvalue weighted by Crippen LogP contribution is -2.16. The normalized spacial score (nSPS) is 11.3. The summed E-state index contributed by atoms with van der Waals surface area (Å²) in [4.78, 5) is 18.5. The molecule has 0 fully saturated rings. The van der Waals surface area contributed by atoms with Gasteiger partial charge in [0.25, 0.3) is 5.56 Å². The van der Waals surface area contributed by atoms with Crippen molar-refractivity contribution in [1.82, 2.24) is 9.97 Å². The van der Waals surface area contributed by atoms with Crippen LogP contribution in [0, 0.1) is 0 Å². The fourth-order valence-electron chi connectivity index (χ4n) is 3.15. The number of nitrogens with one attached hydrogen (secondary N) is 3. The van der Waals surface area contributed by atoms with Crippen molar-refractivity contribution in [3.05, 3.63) is 75.2 Å². The maximum absolute atomic E-state index is 12.3. The van der Waals surface area contributed by atoms with Gasteiger partial charge in [0.1, 0.15) is 0 Å². The van der Waals surface area contributed by atoms with E-state index in [4.69, 9.17) is 11.6 Å². The Morgan fingerprint density at radius 3 is 2.68 bits per heavy atom. The van der Waals surface area contributed by atoms with Crippen molar-refractivity contribution in [2.75, 3.05) is 5.32 Å². The van der Waals surface area contributed by atoms with Crippen LogP contribution in [0.4, 0.5) is 5.69 Å². The molecular formula is C20H18ClN3O. The Hall–Kier alpha value is -2.72. The van der Waals surface area contributed by atoms with Crippen molar-refractivity contribution in [2.45, 2.75) is 19.9 Å². The molecule has 2 aromatic heterocycles. The first-order chi connectivity index (χ1) is 12.1. The highest BCUT2D eigenvalue weighted by atomic mass is 35.5. The minimum Gasteiger partial charge on any atom is -0.380 e. The van der Waals surface area contributed by atoms with Gasteiger partial charge >= 0.3 is 0 Å². The predicted molar refractivity (Wildman–Crippen MR) is 105 cm³/mol. The number of rotatable bonds is 4. The van der Waals surface area contributed by atoms with Crippen LogP contribution in [0.15, 0.2) is 53.5 Å². The molecule has 4 aromatic rings. The van der Waals surface area contributed by atoms with E-state index in [1.54, 1.807) is 6.07 Å². The third-order valence-corrected chi connectivity index (χ3v) is 4.75. The first-order valence-corrected chi connectivity index (χ1v) is 8.67. The lowest BCUT2D eigenvalue weighted by molar-refractivity contribution is 1.07. The second-order valence-corrected chi connectivity index (χ2v) is 6.57. The molecule has 0 radical (unpaired) electrons. The lowest BCUT2D eigenvalue weighted by Gasteiger charge is -2.12. The Labute approximate surface area is 149 Å². The van der Waals surface area contributed by atoms with E-state index in [1.165, 1.54) is 10.9 Å². The monoisotopic (exact) mass is 351 g/mol. The van der Waals surface area contributed by atoms with Crippen LogP contribution in [0.1, 0.15) is 18.1 Å². The number of halogens is 1. The Balaban J connectivity index is 1.68. The SMILES string of the molecule is CCc1cc2cc[nH]c2cc1NCc1cc2cc(Cl)ccc2[nH]c1=O. The van der Waals surface area contributed by atoms with Gasteiger partial charge in [-0.3, -0.25) is 4.79 Å². The van der Waals surface area contributed by atoms with Crippen LogP contribution in [0.25, 0.3) is 21.8 Å². The summed E-state index contributed by atoms with van der Waals surface area (Å²) in [6, 6.07) is 13.7. The second kappa shape index (κ2) is 6.30. The summed E-state index contributed by atoms with van der Waals surface area (Å²) in [6.07, 6.45) is 2.86. The molecule has 5 heteroatoms. The number of anilines is 1. The topological polar surface area (TPSA) is 60.7 Å². The van der Waals surface area contributed by atoms with Crippen LogP contribution in [-0.2, 0) is 13.0 Å². The molecule has 4 rings (SSSR count). The zero-order chi connectivity index (χ0) is 17.4. The molecule has 25 heavy (non-hydrogen) atoms.